The number of benzene rings is 1. The second kappa shape index (κ2) is 6.64. The van der Waals surface area contributed by atoms with Crippen molar-refractivity contribution in [2.75, 3.05) is 6.54 Å². The van der Waals surface area contributed by atoms with Gasteiger partial charge in [-0.05, 0) is 43.5 Å². The maximum absolute atomic E-state index is 11.8. The number of hydrogen-bond acceptors (Lipinski definition) is 3. The third-order valence-corrected chi connectivity index (χ3v) is 2.59. The molecular formula is C13H18N2O3. The van der Waals surface area contributed by atoms with Crippen molar-refractivity contribution in [3.05, 3.63) is 29.3 Å². The van der Waals surface area contributed by atoms with Gasteiger partial charge < -0.3 is 16.2 Å². The number of nitrogens with two attached hydrogens (primary N) is 1. The molecule has 2 amide bonds. The van der Waals surface area contributed by atoms with Gasteiger partial charge in [0.15, 0.2) is 0 Å². The first-order valence-corrected chi connectivity index (χ1v) is 5.87. The fourth-order valence-corrected chi connectivity index (χ4v) is 1.62. The van der Waals surface area contributed by atoms with Crippen LogP contribution in [0.25, 0.3) is 0 Å². The van der Waals surface area contributed by atoms with Crippen LogP contribution in [0.3, 0.4) is 0 Å². The molecule has 0 spiro atoms. The molecule has 98 valence electrons. The number of nitrogens with one attached hydrogen (secondary N) is 1. The molecule has 0 saturated carbocycles. The topological polar surface area (TPSA) is 92.4 Å². The summed E-state index contributed by atoms with van der Waals surface area (Å²) in [5.41, 5.74) is 6.28. The molecular weight excluding hydrogens is 232 g/mol. The van der Waals surface area contributed by atoms with E-state index >= 15 is 0 Å². The summed E-state index contributed by atoms with van der Waals surface area (Å²) in [5.74, 6) is -0.354. The number of hydrogen-bond donors (Lipinski definition) is 3. The minimum atomic E-state index is -0.323. The third kappa shape index (κ3) is 4.45. The lowest BCUT2D eigenvalue weighted by atomic mass is 10.1. The standard InChI is InChI=1S/C13H18N2O3/c1-9-8-10(16)5-6-11(9)13(18)15-7-3-2-4-12(14)17/h5-6,8,16H,2-4,7H2,1H3,(H2,14,17)(H,15,18). The summed E-state index contributed by atoms with van der Waals surface area (Å²) in [6, 6.07) is 4.61. The number of amides is 2. The highest BCUT2D eigenvalue weighted by atomic mass is 16.3. The number of aromatic hydroxyl groups is 1. The Morgan fingerprint density at radius 3 is 2.67 bits per heavy atom. The summed E-state index contributed by atoms with van der Waals surface area (Å²) in [5, 5.41) is 12.0. The summed E-state index contributed by atoms with van der Waals surface area (Å²) < 4.78 is 0. The molecule has 0 unspecified atom stereocenters. The summed E-state index contributed by atoms with van der Waals surface area (Å²) in [6.07, 6.45) is 1.73. The summed E-state index contributed by atoms with van der Waals surface area (Å²) in [4.78, 5) is 22.3. The van der Waals surface area contributed by atoms with Gasteiger partial charge in [0, 0.05) is 18.5 Å². The van der Waals surface area contributed by atoms with Crippen molar-refractivity contribution < 1.29 is 14.7 Å². The van der Waals surface area contributed by atoms with E-state index in [0.717, 1.165) is 5.56 Å². The van der Waals surface area contributed by atoms with Crippen LogP contribution in [0.4, 0.5) is 0 Å². The van der Waals surface area contributed by atoms with E-state index in [1.165, 1.54) is 6.07 Å². The van der Waals surface area contributed by atoms with Crippen molar-refractivity contribution in [3.63, 3.8) is 0 Å². The Hall–Kier alpha value is -2.04. The second-order valence-electron chi connectivity index (χ2n) is 4.18. The quantitative estimate of drug-likeness (QED) is 0.660. The molecule has 1 aromatic carbocycles. The zero-order chi connectivity index (χ0) is 13.5. The smallest absolute Gasteiger partial charge is 0.251 e. The zero-order valence-corrected chi connectivity index (χ0v) is 10.4. The lowest BCUT2D eigenvalue weighted by Crippen LogP contribution is -2.25. The minimum Gasteiger partial charge on any atom is -0.508 e. The first-order valence-electron chi connectivity index (χ1n) is 5.87. The number of primary amides is 1. The predicted octanol–water partition coefficient (Wildman–Crippen LogP) is 1.09. The highest BCUT2D eigenvalue weighted by Crippen LogP contribution is 2.15. The zero-order valence-electron chi connectivity index (χ0n) is 10.4. The van der Waals surface area contributed by atoms with Crippen LogP contribution in [0.2, 0.25) is 0 Å². The Kier molecular flexibility index (Phi) is 5.17. The van der Waals surface area contributed by atoms with E-state index in [-0.39, 0.29) is 17.6 Å². The largest absolute Gasteiger partial charge is 0.508 e. The van der Waals surface area contributed by atoms with Crippen molar-refractivity contribution in [2.24, 2.45) is 5.73 Å². The SMILES string of the molecule is Cc1cc(O)ccc1C(=O)NCCCCC(N)=O. The van der Waals surface area contributed by atoms with Crippen molar-refractivity contribution in [2.45, 2.75) is 26.2 Å². The van der Waals surface area contributed by atoms with Crippen molar-refractivity contribution in [3.8, 4) is 5.75 Å². The second-order valence-corrected chi connectivity index (χ2v) is 4.18. The average Bonchev–Trinajstić information content (AvgIpc) is 2.27. The molecule has 18 heavy (non-hydrogen) atoms. The summed E-state index contributed by atoms with van der Waals surface area (Å²) in [6.45, 7) is 2.27. The molecule has 5 heteroatoms. The van der Waals surface area contributed by atoms with E-state index < -0.39 is 0 Å². The molecule has 0 aliphatic rings. The number of carbonyl (C=O) groups is 2. The van der Waals surface area contributed by atoms with Crippen LogP contribution in [-0.2, 0) is 4.79 Å². The molecule has 1 aromatic rings. The summed E-state index contributed by atoms with van der Waals surface area (Å²) in [7, 11) is 0. The van der Waals surface area contributed by atoms with E-state index in [9.17, 15) is 14.7 Å². The number of carbonyl (C=O) groups excluding carboxylic acids is 2. The van der Waals surface area contributed by atoms with Gasteiger partial charge in [-0.15, -0.1) is 0 Å². The Labute approximate surface area is 106 Å². The number of aryl methyl sites for hydroxylation is 1. The monoisotopic (exact) mass is 250 g/mol. The van der Waals surface area contributed by atoms with E-state index in [4.69, 9.17) is 5.73 Å². The number of phenols is 1. The average molecular weight is 250 g/mol. The maximum atomic E-state index is 11.8. The van der Waals surface area contributed by atoms with Crippen LogP contribution in [-0.4, -0.2) is 23.5 Å². The summed E-state index contributed by atoms with van der Waals surface area (Å²) >= 11 is 0. The van der Waals surface area contributed by atoms with Gasteiger partial charge in [-0.25, -0.2) is 0 Å². The van der Waals surface area contributed by atoms with Crippen LogP contribution in [0.1, 0.15) is 35.2 Å². The molecule has 0 heterocycles. The fourth-order valence-electron chi connectivity index (χ4n) is 1.62. The molecule has 0 atom stereocenters. The van der Waals surface area contributed by atoms with Gasteiger partial charge in [0.1, 0.15) is 5.75 Å². The fraction of sp³-hybridized carbons (Fsp3) is 0.385. The van der Waals surface area contributed by atoms with Crippen LogP contribution < -0.4 is 11.1 Å². The number of rotatable bonds is 6. The van der Waals surface area contributed by atoms with Gasteiger partial charge in [-0.2, -0.15) is 0 Å². The van der Waals surface area contributed by atoms with E-state index in [2.05, 4.69) is 5.32 Å². The first kappa shape index (κ1) is 14.0. The van der Waals surface area contributed by atoms with E-state index in [1.807, 2.05) is 0 Å². The lowest BCUT2D eigenvalue weighted by Gasteiger charge is -2.07. The van der Waals surface area contributed by atoms with Gasteiger partial charge in [0.05, 0.1) is 0 Å². The van der Waals surface area contributed by atoms with E-state index in [0.29, 0.717) is 31.4 Å². The van der Waals surface area contributed by atoms with Gasteiger partial charge in [-0.3, -0.25) is 9.59 Å². The maximum Gasteiger partial charge on any atom is 0.251 e. The Morgan fingerprint density at radius 1 is 1.33 bits per heavy atom. The Morgan fingerprint density at radius 2 is 2.06 bits per heavy atom. The molecule has 0 radical (unpaired) electrons. The molecule has 0 aromatic heterocycles. The lowest BCUT2D eigenvalue weighted by molar-refractivity contribution is -0.118. The Balaban J connectivity index is 2.39. The molecule has 4 N–H and O–H groups in total. The first-order chi connectivity index (χ1) is 8.50. The van der Waals surface area contributed by atoms with Crippen LogP contribution in [0.15, 0.2) is 18.2 Å². The molecule has 0 aliphatic heterocycles. The van der Waals surface area contributed by atoms with Crippen LogP contribution in [0, 0.1) is 6.92 Å². The van der Waals surface area contributed by atoms with E-state index in [1.54, 1.807) is 19.1 Å². The normalized spacial score (nSPS) is 10.1. The van der Waals surface area contributed by atoms with Crippen molar-refractivity contribution >= 4 is 11.8 Å². The third-order valence-electron chi connectivity index (χ3n) is 2.59. The predicted molar refractivity (Wildman–Crippen MR) is 68.2 cm³/mol. The minimum absolute atomic E-state index is 0.144. The van der Waals surface area contributed by atoms with Gasteiger partial charge in [-0.1, -0.05) is 0 Å². The highest BCUT2D eigenvalue weighted by molar-refractivity contribution is 5.95. The van der Waals surface area contributed by atoms with Crippen molar-refractivity contribution in [1.29, 1.82) is 0 Å². The molecule has 0 fully saturated rings. The van der Waals surface area contributed by atoms with Gasteiger partial charge >= 0.3 is 0 Å². The number of unbranched alkanes of at least 4 members (excludes halogenated alkanes) is 1. The molecule has 0 aliphatic carbocycles. The van der Waals surface area contributed by atoms with Gasteiger partial charge in [0.2, 0.25) is 5.91 Å². The Bertz CT molecular complexity index is 444. The molecule has 0 bridgehead atoms. The van der Waals surface area contributed by atoms with Crippen LogP contribution in [0.5, 0.6) is 5.75 Å². The molecule has 1 rings (SSSR count). The van der Waals surface area contributed by atoms with Crippen molar-refractivity contribution in [1.82, 2.24) is 5.32 Å². The number of phenolic OH excluding ortho intramolecular Hbond substituents is 1. The molecule has 5 nitrogen and oxygen atoms in total. The van der Waals surface area contributed by atoms with Crippen LogP contribution >= 0.6 is 0 Å². The molecule has 0 saturated heterocycles. The highest BCUT2D eigenvalue weighted by Gasteiger charge is 2.08. The van der Waals surface area contributed by atoms with Gasteiger partial charge in [0.25, 0.3) is 5.91 Å².